The molecule has 0 saturated heterocycles. The summed E-state index contributed by atoms with van der Waals surface area (Å²) in [5.41, 5.74) is 1.28. The van der Waals surface area contributed by atoms with Crippen LogP contribution in [0.25, 0.3) is 0 Å². The predicted octanol–water partition coefficient (Wildman–Crippen LogP) is 4.87. The smallest absolute Gasteiger partial charge is 0.242 e. The van der Waals surface area contributed by atoms with Gasteiger partial charge >= 0.3 is 0 Å². The normalized spacial score (nSPS) is 12.4. The number of nitrogens with zero attached hydrogens (tertiary/aromatic N) is 1. The van der Waals surface area contributed by atoms with Crippen molar-refractivity contribution in [2.24, 2.45) is 0 Å². The van der Waals surface area contributed by atoms with Gasteiger partial charge in [0.25, 0.3) is 0 Å². The SMILES string of the molecule is CC(C(=O)NC(C)(C)C)N(Cc1cccc(Cl)c1)C(=O)Cc1cccc(Cl)c1. The van der Waals surface area contributed by atoms with E-state index in [1.54, 1.807) is 36.1 Å². The number of nitrogens with one attached hydrogen (secondary N) is 1. The van der Waals surface area contributed by atoms with Gasteiger partial charge in [0.1, 0.15) is 6.04 Å². The van der Waals surface area contributed by atoms with E-state index in [9.17, 15) is 9.59 Å². The summed E-state index contributed by atoms with van der Waals surface area (Å²) in [7, 11) is 0. The topological polar surface area (TPSA) is 49.4 Å². The summed E-state index contributed by atoms with van der Waals surface area (Å²) in [4.78, 5) is 27.4. The van der Waals surface area contributed by atoms with Crippen LogP contribution in [0.1, 0.15) is 38.8 Å². The van der Waals surface area contributed by atoms with Gasteiger partial charge in [0.05, 0.1) is 6.42 Å². The van der Waals surface area contributed by atoms with E-state index in [2.05, 4.69) is 5.32 Å². The lowest BCUT2D eigenvalue weighted by molar-refractivity contribution is -0.140. The number of halogens is 2. The van der Waals surface area contributed by atoms with Gasteiger partial charge in [-0.05, 0) is 63.1 Å². The maximum atomic E-state index is 13.1. The molecule has 2 amide bonds. The van der Waals surface area contributed by atoms with Crippen molar-refractivity contribution in [1.82, 2.24) is 10.2 Å². The van der Waals surface area contributed by atoms with Crippen molar-refractivity contribution in [2.75, 3.05) is 0 Å². The highest BCUT2D eigenvalue weighted by atomic mass is 35.5. The summed E-state index contributed by atoms with van der Waals surface area (Å²) in [5.74, 6) is -0.354. The van der Waals surface area contributed by atoms with E-state index in [-0.39, 0.29) is 23.8 Å². The van der Waals surface area contributed by atoms with Crippen LogP contribution in [-0.2, 0) is 22.6 Å². The average molecular weight is 421 g/mol. The number of hydrogen-bond donors (Lipinski definition) is 1. The average Bonchev–Trinajstić information content (AvgIpc) is 2.57. The van der Waals surface area contributed by atoms with Crippen LogP contribution < -0.4 is 5.32 Å². The third-order valence-corrected chi connectivity index (χ3v) is 4.62. The molecule has 0 bridgehead atoms. The van der Waals surface area contributed by atoms with Crippen molar-refractivity contribution >= 4 is 35.0 Å². The van der Waals surface area contributed by atoms with Gasteiger partial charge in [0.2, 0.25) is 11.8 Å². The van der Waals surface area contributed by atoms with Gasteiger partial charge in [-0.2, -0.15) is 0 Å². The Hall–Kier alpha value is -2.04. The van der Waals surface area contributed by atoms with Crippen LogP contribution in [0.5, 0.6) is 0 Å². The zero-order valence-electron chi connectivity index (χ0n) is 16.6. The van der Waals surface area contributed by atoms with E-state index in [0.717, 1.165) is 11.1 Å². The second-order valence-electron chi connectivity index (χ2n) is 7.87. The van der Waals surface area contributed by atoms with Gasteiger partial charge in [-0.25, -0.2) is 0 Å². The molecular formula is C22H26Cl2N2O2. The Balaban J connectivity index is 2.26. The minimum atomic E-state index is -0.634. The number of benzene rings is 2. The number of amides is 2. The Labute approximate surface area is 176 Å². The lowest BCUT2D eigenvalue weighted by Gasteiger charge is -2.31. The Morgan fingerprint density at radius 1 is 1.00 bits per heavy atom. The fraction of sp³-hybridized carbons (Fsp3) is 0.364. The zero-order valence-corrected chi connectivity index (χ0v) is 18.1. The molecule has 0 aliphatic rings. The molecule has 0 saturated carbocycles. The maximum Gasteiger partial charge on any atom is 0.242 e. The van der Waals surface area contributed by atoms with Gasteiger partial charge in [0.15, 0.2) is 0 Å². The number of hydrogen-bond acceptors (Lipinski definition) is 2. The maximum absolute atomic E-state index is 13.1. The van der Waals surface area contributed by atoms with E-state index in [4.69, 9.17) is 23.2 Å². The fourth-order valence-corrected chi connectivity index (χ4v) is 3.24. The molecule has 1 unspecified atom stereocenters. The van der Waals surface area contributed by atoms with Crippen LogP contribution in [-0.4, -0.2) is 28.3 Å². The molecule has 0 radical (unpaired) electrons. The molecule has 150 valence electrons. The highest BCUT2D eigenvalue weighted by Crippen LogP contribution is 2.18. The highest BCUT2D eigenvalue weighted by molar-refractivity contribution is 6.30. The Morgan fingerprint density at radius 2 is 1.54 bits per heavy atom. The molecule has 2 rings (SSSR count). The van der Waals surface area contributed by atoms with E-state index < -0.39 is 6.04 Å². The number of carbonyl (C=O) groups is 2. The first-order chi connectivity index (χ1) is 13.0. The summed E-state index contributed by atoms with van der Waals surface area (Å²) in [6.07, 6.45) is 0.161. The van der Waals surface area contributed by atoms with Gasteiger partial charge < -0.3 is 10.2 Å². The van der Waals surface area contributed by atoms with Gasteiger partial charge in [-0.3, -0.25) is 9.59 Å². The molecule has 0 aliphatic carbocycles. The second kappa shape index (κ2) is 9.44. The minimum absolute atomic E-state index is 0.154. The van der Waals surface area contributed by atoms with Gasteiger partial charge in [-0.15, -0.1) is 0 Å². The van der Waals surface area contributed by atoms with Crippen LogP contribution in [0.2, 0.25) is 10.0 Å². The molecule has 0 aromatic heterocycles. The second-order valence-corrected chi connectivity index (χ2v) is 8.75. The van der Waals surface area contributed by atoms with Crippen LogP contribution in [0.3, 0.4) is 0 Å². The van der Waals surface area contributed by atoms with Crippen LogP contribution in [0.15, 0.2) is 48.5 Å². The Bertz CT molecular complexity index is 846. The summed E-state index contributed by atoms with van der Waals surface area (Å²) in [6, 6.07) is 13.8. The third kappa shape index (κ3) is 6.84. The van der Waals surface area contributed by atoms with E-state index >= 15 is 0 Å². The van der Waals surface area contributed by atoms with E-state index in [0.29, 0.717) is 16.6 Å². The van der Waals surface area contributed by atoms with Gasteiger partial charge in [-0.1, -0.05) is 47.5 Å². The first-order valence-electron chi connectivity index (χ1n) is 9.15. The first-order valence-corrected chi connectivity index (χ1v) is 9.91. The molecule has 0 heterocycles. The largest absolute Gasteiger partial charge is 0.350 e. The summed E-state index contributed by atoms with van der Waals surface area (Å²) >= 11 is 12.1. The van der Waals surface area contributed by atoms with Crippen molar-refractivity contribution in [1.29, 1.82) is 0 Å². The molecule has 0 spiro atoms. The molecule has 2 aromatic carbocycles. The number of carbonyl (C=O) groups excluding carboxylic acids is 2. The molecule has 1 N–H and O–H groups in total. The summed E-state index contributed by atoms with van der Waals surface area (Å²) in [5, 5.41) is 4.11. The standard InChI is InChI=1S/C22H26Cl2N2O2/c1-15(21(28)25-22(2,3)4)26(14-17-8-6-10-19(24)12-17)20(27)13-16-7-5-9-18(23)11-16/h5-12,15H,13-14H2,1-4H3,(H,25,28). The third-order valence-electron chi connectivity index (χ3n) is 4.15. The molecular weight excluding hydrogens is 395 g/mol. The van der Waals surface area contributed by atoms with Crippen molar-refractivity contribution in [3.63, 3.8) is 0 Å². The Kier molecular flexibility index (Phi) is 7.50. The van der Waals surface area contributed by atoms with E-state index in [1.807, 2.05) is 45.0 Å². The molecule has 4 nitrogen and oxygen atoms in total. The highest BCUT2D eigenvalue weighted by Gasteiger charge is 2.28. The lowest BCUT2D eigenvalue weighted by atomic mass is 10.1. The van der Waals surface area contributed by atoms with E-state index in [1.165, 1.54) is 0 Å². The van der Waals surface area contributed by atoms with Gasteiger partial charge in [0, 0.05) is 22.1 Å². The van der Waals surface area contributed by atoms with Crippen molar-refractivity contribution in [2.45, 2.75) is 52.2 Å². The van der Waals surface area contributed by atoms with Crippen LogP contribution >= 0.6 is 23.2 Å². The zero-order chi connectivity index (χ0) is 20.9. The Morgan fingerprint density at radius 3 is 2.07 bits per heavy atom. The lowest BCUT2D eigenvalue weighted by Crippen LogP contribution is -2.52. The fourth-order valence-electron chi connectivity index (χ4n) is 2.81. The van der Waals surface area contributed by atoms with Crippen LogP contribution in [0, 0.1) is 0 Å². The van der Waals surface area contributed by atoms with Crippen LogP contribution in [0.4, 0.5) is 0 Å². The molecule has 0 aliphatic heterocycles. The van der Waals surface area contributed by atoms with Crippen molar-refractivity contribution in [3.8, 4) is 0 Å². The van der Waals surface area contributed by atoms with Crippen molar-refractivity contribution < 1.29 is 9.59 Å². The molecule has 0 fully saturated rings. The number of rotatable bonds is 6. The predicted molar refractivity (Wildman–Crippen MR) is 115 cm³/mol. The minimum Gasteiger partial charge on any atom is -0.350 e. The first kappa shape index (κ1) is 22.3. The van der Waals surface area contributed by atoms with Crippen molar-refractivity contribution in [3.05, 3.63) is 69.7 Å². The molecule has 2 aromatic rings. The molecule has 28 heavy (non-hydrogen) atoms. The summed E-state index contributed by atoms with van der Waals surface area (Å²) in [6.45, 7) is 7.76. The summed E-state index contributed by atoms with van der Waals surface area (Å²) < 4.78 is 0. The quantitative estimate of drug-likeness (QED) is 0.724. The molecule has 1 atom stereocenters. The monoisotopic (exact) mass is 420 g/mol. The molecule has 6 heteroatoms.